The lowest BCUT2D eigenvalue weighted by Crippen LogP contribution is -2.01. The number of aryl methyl sites for hydroxylation is 1. The van der Waals surface area contributed by atoms with Crippen LogP contribution in [0.15, 0.2) is 29.3 Å². The van der Waals surface area contributed by atoms with Crippen molar-refractivity contribution in [2.24, 2.45) is 0 Å². The summed E-state index contributed by atoms with van der Waals surface area (Å²) >= 11 is 13.6. The fourth-order valence-electron chi connectivity index (χ4n) is 1.51. The maximum absolute atomic E-state index is 8.80. The smallest absolute Gasteiger partial charge is 0.0849 e. The Morgan fingerprint density at radius 1 is 1.32 bits per heavy atom. The molecule has 0 unspecified atom stereocenters. The van der Waals surface area contributed by atoms with Crippen molar-refractivity contribution >= 4 is 35.0 Å². The predicted molar refractivity (Wildman–Crippen MR) is 78.0 cm³/mol. The van der Waals surface area contributed by atoms with Crippen LogP contribution in [-0.4, -0.2) is 32.5 Å². The highest BCUT2D eigenvalue weighted by Crippen LogP contribution is 2.29. The summed E-state index contributed by atoms with van der Waals surface area (Å²) < 4.78 is 1.76. The quantitative estimate of drug-likeness (QED) is 0.832. The molecule has 0 aliphatic heterocycles. The largest absolute Gasteiger partial charge is 0.396 e. The second-order valence-electron chi connectivity index (χ2n) is 3.87. The first-order valence-corrected chi connectivity index (χ1v) is 7.51. The van der Waals surface area contributed by atoms with Crippen molar-refractivity contribution in [1.82, 2.24) is 15.0 Å². The molecule has 0 atom stereocenters. The maximum atomic E-state index is 8.80. The number of aromatic nitrogens is 3. The van der Waals surface area contributed by atoms with Crippen molar-refractivity contribution in [3.05, 3.63) is 40.1 Å². The molecule has 0 spiro atoms. The lowest BCUT2D eigenvalue weighted by Gasteiger charge is -2.04. The Kier molecular flexibility index (Phi) is 5.51. The van der Waals surface area contributed by atoms with Gasteiger partial charge in [0.05, 0.1) is 17.3 Å². The zero-order chi connectivity index (χ0) is 13.7. The lowest BCUT2D eigenvalue weighted by atomic mass is 10.3. The Morgan fingerprint density at radius 2 is 2.16 bits per heavy atom. The van der Waals surface area contributed by atoms with Crippen molar-refractivity contribution in [2.45, 2.75) is 17.9 Å². The Balaban J connectivity index is 1.87. The van der Waals surface area contributed by atoms with E-state index in [0.29, 0.717) is 16.5 Å². The topological polar surface area (TPSA) is 50.9 Å². The SMILES string of the molecule is OCCc1cn(CCSc2cc(Cl)ccc2Cl)nn1. The molecule has 0 fully saturated rings. The lowest BCUT2D eigenvalue weighted by molar-refractivity contribution is 0.298. The molecule has 0 saturated carbocycles. The molecule has 7 heteroatoms. The number of thioether (sulfide) groups is 1. The van der Waals surface area contributed by atoms with Gasteiger partial charge in [-0.25, -0.2) is 0 Å². The summed E-state index contributed by atoms with van der Waals surface area (Å²) in [6.07, 6.45) is 2.38. The van der Waals surface area contributed by atoms with Crippen LogP contribution < -0.4 is 0 Å². The van der Waals surface area contributed by atoms with Gasteiger partial charge in [-0.1, -0.05) is 28.4 Å². The number of nitrogens with zero attached hydrogens (tertiary/aromatic N) is 3. The molecule has 0 aliphatic rings. The average Bonchev–Trinajstić information content (AvgIpc) is 2.82. The number of hydrogen-bond donors (Lipinski definition) is 1. The highest BCUT2D eigenvalue weighted by molar-refractivity contribution is 7.99. The summed E-state index contributed by atoms with van der Waals surface area (Å²) in [4.78, 5) is 0.963. The molecule has 19 heavy (non-hydrogen) atoms. The van der Waals surface area contributed by atoms with Gasteiger partial charge in [0.25, 0.3) is 0 Å². The van der Waals surface area contributed by atoms with Crippen LogP contribution in [0.5, 0.6) is 0 Å². The molecular weight excluding hydrogens is 305 g/mol. The Hall–Kier alpha value is -0.750. The van der Waals surface area contributed by atoms with Crippen molar-refractivity contribution in [3.8, 4) is 0 Å². The van der Waals surface area contributed by atoms with E-state index in [4.69, 9.17) is 28.3 Å². The zero-order valence-corrected chi connectivity index (χ0v) is 12.4. The summed E-state index contributed by atoms with van der Waals surface area (Å²) in [5.41, 5.74) is 0.799. The minimum Gasteiger partial charge on any atom is -0.396 e. The van der Waals surface area contributed by atoms with Crippen LogP contribution in [0.4, 0.5) is 0 Å². The van der Waals surface area contributed by atoms with Crippen LogP contribution >= 0.6 is 35.0 Å². The fourth-order valence-corrected chi connectivity index (χ4v) is 2.95. The third kappa shape index (κ3) is 4.38. The normalized spacial score (nSPS) is 10.9. The zero-order valence-electron chi connectivity index (χ0n) is 10.1. The molecule has 0 saturated heterocycles. The number of rotatable bonds is 6. The van der Waals surface area contributed by atoms with Gasteiger partial charge < -0.3 is 5.11 Å². The Morgan fingerprint density at radius 3 is 2.95 bits per heavy atom. The minimum atomic E-state index is 0.0889. The number of halogens is 2. The summed E-state index contributed by atoms with van der Waals surface area (Å²) in [6.45, 7) is 0.817. The molecule has 1 N–H and O–H groups in total. The molecule has 0 amide bonds. The van der Waals surface area contributed by atoms with Crippen LogP contribution in [-0.2, 0) is 13.0 Å². The van der Waals surface area contributed by atoms with Crippen LogP contribution in [0.25, 0.3) is 0 Å². The van der Waals surface area contributed by atoms with Gasteiger partial charge >= 0.3 is 0 Å². The third-order valence-electron chi connectivity index (χ3n) is 2.43. The van der Waals surface area contributed by atoms with Gasteiger partial charge in [0.2, 0.25) is 0 Å². The number of benzene rings is 1. The maximum Gasteiger partial charge on any atom is 0.0849 e. The van der Waals surface area contributed by atoms with Gasteiger partial charge in [-0.2, -0.15) is 0 Å². The van der Waals surface area contributed by atoms with E-state index in [0.717, 1.165) is 22.9 Å². The van der Waals surface area contributed by atoms with Crippen LogP contribution in [0.3, 0.4) is 0 Å². The second-order valence-corrected chi connectivity index (χ2v) is 5.85. The molecule has 0 radical (unpaired) electrons. The molecular formula is C12H13Cl2N3OS. The fraction of sp³-hybridized carbons (Fsp3) is 0.333. The van der Waals surface area contributed by atoms with E-state index < -0.39 is 0 Å². The molecule has 2 aromatic rings. The summed E-state index contributed by atoms with van der Waals surface area (Å²) in [5.74, 6) is 0.821. The van der Waals surface area contributed by atoms with E-state index in [1.165, 1.54) is 0 Å². The van der Waals surface area contributed by atoms with E-state index in [2.05, 4.69) is 10.3 Å². The van der Waals surface area contributed by atoms with Gasteiger partial charge in [0.1, 0.15) is 0 Å². The van der Waals surface area contributed by atoms with Crippen molar-refractivity contribution in [2.75, 3.05) is 12.4 Å². The van der Waals surface area contributed by atoms with Gasteiger partial charge in [0, 0.05) is 34.9 Å². The number of aliphatic hydroxyl groups is 1. The summed E-state index contributed by atoms with van der Waals surface area (Å²) in [5, 5.41) is 18.1. The van der Waals surface area contributed by atoms with E-state index in [1.807, 2.05) is 12.3 Å². The molecule has 102 valence electrons. The average molecular weight is 318 g/mol. The Labute approximate surface area is 125 Å². The molecule has 1 aromatic carbocycles. The van der Waals surface area contributed by atoms with Crippen LogP contribution in [0.2, 0.25) is 10.0 Å². The van der Waals surface area contributed by atoms with E-state index in [9.17, 15) is 0 Å². The van der Waals surface area contributed by atoms with Gasteiger partial charge in [-0.05, 0) is 18.2 Å². The molecule has 0 bridgehead atoms. The molecule has 1 aromatic heterocycles. The molecule has 2 rings (SSSR count). The first kappa shape index (κ1) is 14.7. The Bertz CT molecular complexity index is 548. The molecule has 1 heterocycles. The number of aliphatic hydroxyl groups excluding tert-OH is 1. The van der Waals surface area contributed by atoms with Gasteiger partial charge in [0.15, 0.2) is 0 Å². The van der Waals surface area contributed by atoms with E-state index in [1.54, 1.807) is 28.6 Å². The van der Waals surface area contributed by atoms with Crippen LogP contribution in [0.1, 0.15) is 5.69 Å². The minimum absolute atomic E-state index is 0.0889. The third-order valence-corrected chi connectivity index (χ3v) is 4.14. The van der Waals surface area contributed by atoms with E-state index >= 15 is 0 Å². The van der Waals surface area contributed by atoms with Gasteiger partial charge in [-0.3, -0.25) is 4.68 Å². The monoisotopic (exact) mass is 317 g/mol. The highest BCUT2D eigenvalue weighted by Gasteiger charge is 2.04. The van der Waals surface area contributed by atoms with Crippen LogP contribution in [0, 0.1) is 0 Å². The van der Waals surface area contributed by atoms with E-state index in [-0.39, 0.29) is 6.61 Å². The second kappa shape index (κ2) is 7.14. The highest BCUT2D eigenvalue weighted by atomic mass is 35.5. The van der Waals surface area contributed by atoms with Crippen molar-refractivity contribution < 1.29 is 5.11 Å². The summed E-state index contributed by atoms with van der Waals surface area (Å²) in [6, 6.07) is 5.42. The van der Waals surface area contributed by atoms with Crippen molar-refractivity contribution in [1.29, 1.82) is 0 Å². The molecule has 0 aliphatic carbocycles. The molecule has 4 nitrogen and oxygen atoms in total. The van der Waals surface area contributed by atoms with Gasteiger partial charge in [-0.15, -0.1) is 16.9 Å². The first-order valence-electron chi connectivity index (χ1n) is 5.77. The predicted octanol–water partition coefficient (Wildman–Crippen LogP) is 2.91. The van der Waals surface area contributed by atoms with Crippen molar-refractivity contribution in [3.63, 3.8) is 0 Å². The number of hydrogen-bond acceptors (Lipinski definition) is 4. The standard InChI is InChI=1S/C12H13Cl2N3OS/c13-9-1-2-11(14)12(7-9)19-6-4-17-8-10(3-5-18)15-16-17/h1-2,7-8,18H,3-6H2. The summed E-state index contributed by atoms with van der Waals surface area (Å²) in [7, 11) is 0. The first-order chi connectivity index (χ1) is 9.19.